The van der Waals surface area contributed by atoms with Crippen LogP contribution in [0.4, 0.5) is 0 Å². The minimum absolute atomic E-state index is 0.247. The second-order valence-electron chi connectivity index (χ2n) is 13.8. The van der Waals surface area contributed by atoms with Gasteiger partial charge in [0.2, 0.25) is 0 Å². The van der Waals surface area contributed by atoms with Gasteiger partial charge < -0.3 is 0 Å². The molecular weight excluding hydrogens is 468 g/mol. The van der Waals surface area contributed by atoms with E-state index in [0.29, 0.717) is 0 Å². The van der Waals surface area contributed by atoms with Gasteiger partial charge in [-0.15, -0.1) is 0 Å². The zero-order valence-corrected chi connectivity index (χ0v) is 25.2. The van der Waals surface area contributed by atoms with E-state index in [0.717, 1.165) is 11.8 Å². The average Bonchev–Trinajstić information content (AvgIpc) is 3.27. The molecule has 3 aliphatic carbocycles. The van der Waals surface area contributed by atoms with Crippen molar-refractivity contribution in [2.75, 3.05) is 0 Å². The first-order valence-corrected chi connectivity index (χ1v) is 17.6. The van der Waals surface area contributed by atoms with Gasteiger partial charge in [0, 0.05) is 5.41 Å². The van der Waals surface area contributed by atoms with Crippen LogP contribution in [0.3, 0.4) is 0 Å². The molecule has 0 atom stereocenters. The van der Waals surface area contributed by atoms with Crippen LogP contribution in [0.2, 0.25) is 0 Å². The summed E-state index contributed by atoms with van der Waals surface area (Å²) in [4.78, 5) is 0. The van der Waals surface area contributed by atoms with Crippen molar-refractivity contribution in [1.29, 1.82) is 0 Å². The first kappa shape index (κ1) is 29.0. The molecule has 0 heterocycles. The molecule has 0 spiro atoms. The first-order valence-electron chi connectivity index (χ1n) is 17.6. The lowest BCUT2D eigenvalue weighted by atomic mass is 9.70. The average molecular weight is 527 g/mol. The van der Waals surface area contributed by atoms with Crippen LogP contribution in [0.5, 0.6) is 0 Å². The Balaban J connectivity index is 1.11. The van der Waals surface area contributed by atoms with Crippen molar-refractivity contribution in [3.8, 4) is 11.1 Å². The van der Waals surface area contributed by atoms with Crippen molar-refractivity contribution in [2.24, 2.45) is 11.8 Å². The summed E-state index contributed by atoms with van der Waals surface area (Å²) in [6, 6.07) is 18.9. The third-order valence-electron chi connectivity index (χ3n) is 11.1. The van der Waals surface area contributed by atoms with E-state index < -0.39 is 0 Å². The molecule has 0 N–H and O–H groups in total. The SMILES string of the molecule is c1ccc2c(c1)-c1ccccc1C2(CCCCCCCC1CCCCC1)CCCCCCCC1CCCCC1. The van der Waals surface area contributed by atoms with Crippen molar-refractivity contribution in [2.45, 2.75) is 160 Å². The van der Waals surface area contributed by atoms with Gasteiger partial charge in [-0.25, -0.2) is 0 Å². The summed E-state index contributed by atoms with van der Waals surface area (Å²) in [7, 11) is 0. The van der Waals surface area contributed by atoms with E-state index in [1.807, 2.05) is 0 Å². The Morgan fingerprint density at radius 3 is 1.28 bits per heavy atom. The fraction of sp³-hybridized carbons (Fsp3) is 0.692. The number of benzene rings is 2. The molecule has 2 fully saturated rings. The highest BCUT2D eigenvalue weighted by Crippen LogP contribution is 2.54. The topological polar surface area (TPSA) is 0 Å². The predicted octanol–water partition coefficient (Wildman–Crippen LogP) is 12.6. The molecule has 3 aliphatic rings. The lowest BCUT2D eigenvalue weighted by Crippen LogP contribution is -2.25. The van der Waals surface area contributed by atoms with Crippen LogP contribution in [0.1, 0.15) is 165 Å². The molecule has 39 heavy (non-hydrogen) atoms. The number of hydrogen-bond acceptors (Lipinski definition) is 0. The Kier molecular flexibility index (Phi) is 11.5. The molecule has 2 saturated carbocycles. The van der Waals surface area contributed by atoms with Gasteiger partial charge in [0.05, 0.1) is 0 Å². The minimum Gasteiger partial charge on any atom is -0.0619 e. The standard InChI is InChI=1S/C39H58/c1(3-9-21-33-23-11-7-12-24-33)5-19-31-39(32-20-6-2-4-10-22-34-25-13-8-14-26-34)37-29-17-15-27-35(37)36-28-16-18-30-38(36)39/h15-18,27-30,33-34H,1-14,19-26,31-32H2. The molecular formula is C39H58. The van der Waals surface area contributed by atoms with E-state index >= 15 is 0 Å². The molecule has 0 radical (unpaired) electrons. The van der Waals surface area contributed by atoms with E-state index in [1.54, 1.807) is 11.1 Å². The lowest BCUT2D eigenvalue weighted by Gasteiger charge is -2.33. The second-order valence-corrected chi connectivity index (χ2v) is 13.8. The monoisotopic (exact) mass is 526 g/mol. The van der Waals surface area contributed by atoms with Crippen LogP contribution >= 0.6 is 0 Å². The molecule has 0 bridgehead atoms. The van der Waals surface area contributed by atoms with Gasteiger partial charge in [-0.1, -0.05) is 190 Å². The zero-order chi connectivity index (χ0) is 26.6. The van der Waals surface area contributed by atoms with Crippen LogP contribution in [-0.2, 0) is 5.41 Å². The second kappa shape index (κ2) is 15.4. The zero-order valence-electron chi connectivity index (χ0n) is 25.2. The summed E-state index contributed by atoms with van der Waals surface area (Å²) in [6.07, 6.45) is 35.0. The smallest absolute Gasteiger partial charge is 0.0215 e. The Hall–Kier alpha value is -1.56. The minimum atomic E-state index is 0.247. The largest absolute Gasteiger partial charge is 0.0619 e. The van der Waals surface area contributed by atoms with Crippen LogP contribution in [0.25, 0.3) is 11.1 Å². The number of hydrogen-bond donors (Lipinski definition) is 0. The normalized spacial score (nSPS) is 19.2. The number of rotatable bonds is 16. The molecule has 2 aromatic rings. The molecule has 0 heteroatoms. The summed E-state index contributed by atoms with van der Waals surface area (Å²) in [5.74, 6) is 2.11. The Labute approximate surface area is 241 Å². The van der Waals surface area contributed by atoms with E-state index in [4.69, 9.17) is 0 Å². The molecule has 0 aromatic heterocycles. The number of unbranched alkanes of at least 4 members (excludes halogenated alkanes) is 8. The summed E-state index contributed by atoms with van der Waals surface area (Å²) in [6.45, 7) is 0. The van der Waals surface area contributed by atoms with E-state index in [-0.39, 0.29) is 5.41 Å². The Morgan fingerprint density at radius 1 is 0.436 bits per heavy atom. The molecule has 0 amide bonds. The first-order chi connectivity index (χ1) is 19.4. The fourth-order valence-corrected chi connectivity index (χ4v) is 8.81. The molecule has 5 rings (SSSR count). The fourth-order valence-electron chi connectivity index (χ4n) is 8.81. The van der Waals surface area contributed by atoms with Crippen LogP contribution in [-0.4, -0.2) is 0 Å². The van der Waals surface area contributed by atoms with Gasteiger partial charge >= 0.3 is 0 Å². The Morgan fingerprint density at radius 2 is 0.821 bits per heavy atom. The molecule has 0 nitrogen and oxygen atoms in total. The summed E-state index contributed by atoms with van der Waals surface area (Å²) in [5.41, 5.74) is 6.57. The van der Waals surface area contributed by atoms with Crippen LogP contribution in [0.15, 0.2) is 48.5 Å². The number of fused-ring (bicyclic) bond motifs is 3. The van der Waals surface area contributed by atoms with Gasteiger partial charge in [0.25, 0.3) is 0 Å². The van der Waals surface area contributed by atoms with Crippen LogP contribution in [0, 0.1) is 11.8 Å². The molecule has 2 aromatic carbocycles. The van der Waals surface area contributed by atoms with E-state index in [9.17, 15) is 0 Å². The Bertz CT molecular complexity index is 878. The maximum absolute atomic E-state index is 2.48. The van der Waals surface area contributed by atoms with Crippen molar-refractivity contribution < 1.29 is 0 Å². The van der Waals surface area contributed by atoms with Crippen molar-refractivity contribution in [3.63, 3.8) is 0 Å². The third-order valence-corrected chi connectivity index (χ3v) is 11.1. The molecule has 0 aliphatic heterocycles. The highest BCUT2D eigenvalue weighted by molar-refractivity contribution is 5.80. The molecule has 214 valence electrons. The van der Waals surface area contributed by atoms with Gasteiger partial charge in [-0.05, 0) is 46.9 Å². The maximum atomic E-state index is 2.48. The third kappa shape index (κ3) is 7.80. The van der Waals surface area contributed by atoms with Gasteiger partial charge in [0.15, 0.2) is 0 Å². The summed E-state index contributed by atoms with van der Waals surface area (Å²) in [5, 5.41) is 0. The van der Waals surface area contributed by atoms with Gasteiger partial charge in [0.1, 0.15) is 0 Å². The highest BCUT2D eigenvalue weighted by Gasteiger charge is 2.41. The molecule has 0 unspecified atom stereocenters. The summed E-state index contributed by atoms with van der Waals surface area (Å²) < 4.78 is 0. The maximum Gasteiger partial charge on any atom is 0.0215 e. The van der Waals surface area contributed by atoms with Gasteiger partial charge in [-0.2, -0.15) is 0 Å². The van der Waals surface area contributed by atoms with Crippen LogP contribution < -0.4 is 0 Å². The molecule has 0 saturated heterocycles. The van der Waals surface area contributed by atoms with E-state index in [2.05, 4.69) is 48.5 Å². The quantitative estimate of drug-likeness (QED) is 0.191. The van der Waals surface area contributed by atoms with E-state index in [1.165, 1.54) is 165 Å². The summed E-state index contributed by atoms with van der Waals surface area (Å²) >= 11 is 0. The van der Waals surface area contributed by atoms with Crippen molar-refractivity contribution in [3.05, 3.63) is 59.7 Å². The predicted molar refractivity (Wildman–Crippen MR) is 170 cm³/mol. The van der Waals surface area contributed by atoms with Crippen molar-refractivity contribution >= 4 is 0 Å². The highest BCUT2D eigenvalue weighted by atomic mass is 14.4. The lowest BCUT2D eigenvalue weighted by molar-refractivity contribution is 0.326. The van der Waals surface area contributed by atoms with Crippen molar-refractivity contribution in [1.82, 2.24) is 0 Å². The van der Waals surface area contributed by atoms with Gasteiger partial charge in [-0.3, -0.25) is 0 Å².